The molecule has 0 aliphatic heterocycles. The Morgan fingerprint density at radius 3 is 2.26 bits per heavy atom. The van der Waals surface area contributed by atoms with Crippen LogP contribution in [-0.4, -0.2) is 31.5 Å². The first-order valence-corrected chi connectivity index (χ1v) is 11.9. The van der Waals surface area contributed by atoms with Gasteiger partial charge in [0.15, 0.2) is 0 Å². The topological polar surface area (TPSA) is 122 Å². The molecule has 34 heavy (non-hydrogen) atoms. The summed E-state index contributed by atoms with van der Waals surface area (Å²) in [6.45, 7) is 1.01. The standard InChI is InChI=1S/C22H18Cl2N4O5S/c1-15(16-7-9-17(10-8-16)28(30)31)25-26-22(29)14-27(18-11-12-20(23)21(24)13-18)34(32,33)19-5-3-2-4-6-19/h2-13H,14H2,1H3,(H,26,29)/b25-15-. The van der Waals surface area contributed by atoms with E-state index in [-0.39, 0.29) is 26.3 Å². The fourth-order valence-corrected chi connectivity index (χ4v) is 4.60. The fraction of sp³-hybridized carbons (Fsp3) is 0.0909. The van der Waals surface area contributed by atoms with E-state index in [1.165, 1.54) is 54.6 Å². The molecule has 0 unspecified atom stereocenters. The molecule has 0 aliphatic carbocycles. The van der Waals surface area contributed by atoms with Gasteiger partial charge < -0.3 is 0 Å². The summed E-state index contributed by atoms with van der Waals surface area (Å²) in [4.78, 5) is 22.9. The van der Waals surface area contributed by atoms with Crippen molar-refractivity contribution < 1.29 is 18.1 Å². The van der Waals surface area contributed by atoms with Gasteiger partial charge in [0, 0.05) is 12.1 Å². The lowest BCUT2D eigenvalue weighted by Crippen LogP contribution is -2.39. The molecule has 0 aromatic heterocycles. The van der Waals surface area contributed by atoms with Gasteiger partial charge in [-0.3, -0.25) is 19.2 Å². The molecule has 12 heteroatoms. The molecule has 0 bridgehead atoms. The molecule has 0 atom stereocenters. The number of amides is 1. The summed E-state index contributed by atoms with van der Waals surface area (Å²) in [5.41, 5.74) is 3.30. The molecular formula is C22H18Cl2N4O5S. The van der Waals surface area contributed by atoms with Crippen molar-refractivity contribution in [2.24, 2.45) is 5.10 Å². The Bertz CT molecular complexity index is 1350. The van der Waals surface area contributed by atoms with Crippen LogP contribution in [-0.2, 0) is 14.8 Å². The van der Waals surface area contributed by atoms with Gasteiger partial charge in [0.05, 0.1) is 31.3 Å². The number of sulfonamides is 1. The van der Waals surface area contributed by atoms with Crippen molar-refractivity contribution in [3.05, 3.63) is 98.5 Å². The minimum absolute atomic E-state index is 0.0144. The van der Waals surface area contributed by atoms with Crippen LogP contribution in [0.1, 0.15) is 12.5 Å². The monoisotopic (exact) mass is 520 g/mol. The van der Waals surface area contributed by atoms with Gasteiger partial charge in [-0.05, 0) is 55.0 Å². The SMILES string of the molecule is C/C(=N/NC(=O)CN(c1ccc(Cl)c(Cl)c1)S(=O)(=O)c1ccccc1)c1ccc([N+](=O)[O-])cc1. The summed E-state index contributed by atoms with van der Waals surface area (Å²) in [5, 5.41) is 15.1. The highest BCUT2D eigenvalue weighted by Gasteiger charge is 2.27. The lowest BCUT2D eigenvalue weighted by molar-refractivity contribution is -0.384. The van der Waals surface area contributed by atoms with Crippen molar-refractivity contribution in [1.29, 1.82) is 0 Å². The van der Waals surface area contributed by atoms with Crippen molar-refractivity contribution in [3.8, 4) is 0 Å². The number of halogens is 2. The highest BCUT2D eigenvalue weighted by atomic mass is 35.5. The molecule has 0 heterocycles. The number of carbonyl (C=O) groups is 1. The summed E-state index contributed by atoms with van der Waals surface area (Å²) in [6.07, 6.45) is 0. The van der Waals surface area contributed by atoms with Crippen molar-refractivity contribution in [3.63, 3.8) is 0 Å². The predicted octanol–water partition coefficient (Wildman–Crippen LogP) is 4.64. The number of benzene rings is 3. The first kappa shape index (κ1) is 25.2. The van der Waals surface area contributed by atoms with Gasteiger partial charge in [-0.2, -0.15) is 5.10 Å². The van der Waals surface area contributed by atoms with E-state index in [1.807, 2.05) is 0 Å². The molecule has 3 rings (SSSR count). The maximum absolute atomic E-state index is 13.3. The Hall–Kier alpha value is -3.47. The molecule has 0 saturated carbocycles. The van der Waals surface area contributed by atoms with Crippen LogP contribution in [0.3, 0.4) is 0 Å². The second-order valence-electron chi connectivity index (χ2n) is 6.96. The van der Waals surface area contributed by atoms with Crippen molar-refractivity contribution in [2.75, 3.05) is 10.8 Å². The second kappa shape index (κ2) is 10.6. The molecule has 0 spiro atoms. The number of nitrogens with one attached hydrogen (secondary N) is 1. The molecule has 176 valence electrons. The fourth-order valence-electron chi connectivity index (χ4n) is 2.88. The molecule has 0 radical (unpaired) electrons. The van der Waals surface area contributed by atoms with E-state index in [9.17, 15) is 23.3 Å². The van der Waals surface area contributed by atoms with Gasteiger partial charge in [-0.15, -0.1) is 0 Å². The number of rotatable bonds is 8. The van der Waals surface area contributed by atoms with Gasteiger partial charge in [0.25, 0.3) is 21.6 Å². The summed E-state index contributed by atoms with van der Waals surface area (Å²) < 4.78 is 27.5. The van der Waals surface area contributed by atoms with Crippen molar-refractivity contribution in [2.45, 2.75) is 11.8 Å². The molecule has 1 N–H and O–H groups in total. The second-order valence-corrected chi connectivity index (χ2v) is 9.64. The molecule has 3 aromatic rings. The third-order valence-corrected chi connectivity index (χ3v) is 7.18. The minimum atomic E-state index is -4.12. The molecule has 0 aliphatic rings. The van der Waals surface area contributed by atoms with E-state index in [1.54, 1.807) is 25.1 Å². The Morgan fingerprint density at radius 2 is 1.68 bits per heavy atom. The zero-order chi connectivity index (χ0) is 24.9. The third kappa shape index (κ3) is 5.90. The van der Waals surface area contributed by atoms with Crippen LogP contribution >= 0.6 is 23.2 Å². The van der Waals surface area contributed by atoms with E-state index in [2.05, 4.69) is 10.5 Å². The number of hydrogen-bond acceptors (Lipinski definition) is 6. The van der Waals surface area contributed by atoms with Gasteiger partial charge >= 0.3 is 0 Å². The van der Waals surface area contributed by atoms with Crippen LogP contribution in [0.4, 0.5) is 11.4 Å². The lowest BCUT2D eigenvalue weighted by Gasteiger charge is -2.24. The number of nitro benzene ring substituents is 1. The Kier molecular flexibility index (Phi) is 7.87. The van der Waals surface area contributed by atoms with Gasteiger partial charge in [-0.25, -0.2) is 13.8 Å². The Morgan fingerprint density at radius 1 is 1.03 bits per heavy atom. The van der Waals surface area contributed by atoms with Gasteiger partial charge in [-0.1, -0.05) is 41.4 Å². The minimum Gasteiger partial charge on any atom is -0.271 e. The van der Waals surface area contributed by atoms with Crippen LogP contribution < -0.4 is 9.73 Å². The third-order valence-electron chi connectivity index (χ3n) is 4.65. The quantitative estimate of drug-likeness (QED) is 0.263. The first-order chi connectivity index (χ1) is 16.1. The molecule has 9 nitrogen and oxygen atoms in total. The molecule has 1 amide bonds. The van der Waals surface area contributed by atoms with Crippen molar-refractivity contribution >= 4 is 56.2 Å². The summed E-state index contributed by atoms with van der Waals surface area (Å²) in [5.74, 6) is -0.716. The normalized spacial score (nSPS) is 11.7. The van der Waals surface area contributed by atoms with E-state index in [0.29, 0.717) is 11.3 Å². The molecular weight excluding hydrogens is 503 g/mol. The van der Waals surface area contributed by atoms with Crippen LogP contribution in [0.25, 0.3) is 0 Å². The summed E-state index contributed by atoms with van der Waals surface area (Å²) in [6, 6.07) is 17.5. The zero-order valence-electron chi connectivity index (χ0n) is 17.7. The summed E-state index contributed by atoms with van der Waals surface area (Å²) >= 11 is 12.0. The van der Waals surface area contributed by atoms with Crippen LogP contribution in [0, 0.1) is 10.1 Å². The number of hydrogen-bond donors (Lipinski definition) is 1. The zero-order valence-corrected chi connectivity index (χ0v) is 20.0. The van der Waals surface area contributed by atoms with Gasteiger partial charge in [0.2, 0.25) is 0 Å². The Labute approximate surface area is 205 Å². The number of carbonyl (C=O) groups excluding carboxylic acids is 1. The average molecular weight is 521 g/mol. The highest BCUT2D eigenvalue weighted by molar-refractivity contribution is 7.92. The number of non-ortho nitro benzene ring substituents is 1. The van der Waals surface area contributed by atoms with E-state index < -0.39 is 27.4 Å². The lowest BCUT2D eigenvalue weighted by atomic mass is 10.1. The first-order valence-electron chi connectivity index (χ1n) is 9.70. The average Bonchev–Trinajstić information content (AvgIpc) is 2.83. The van der Waals surface area contributed by atoms with E-state index >= 15 is 0 Å². The maximum Gasteiger partial charge on any atom is 0.269 e. The summed E-state index contributed by atoms with van der Waals surface area (Å²) in [7, 11) is -4.12. The highest BCUT2D eigenvalue weighted by Crippen LogP contribution is 2.30. The molecule has 3 aromatic carbocycles. The van der Waals surface area contributed by atoms with Crippen LogP contribution in [0.15, 0.2) is 82.8 Å². The smallest absolute Gasteiger partial charge is 0.269 e. The van der Waals surface area contributed by atoms with E-state index in [0.717, 1.165) is 4.31 Å². The van der Waals surface area contributed by atoms with Crippen LogP contribution in [0.5, 0.6) is 0 Å². The number of hydrazone groups is 1. The Balaban J connectivity index is 1.85. The largest absolute Gasteiger partial charge is 0.271 e. The number of nitrogens with zero attached hydrogens (tertiary/aromatic N) is 3. The van der Waals surface area contributed by atoms with Gasteiger partial charge in [0.1, 0.15) is 6.54 Å². The number of anilines is 1. The van der Waals surface area contributed by atoms with E-state index in [4.69, 9.17) is 23.2 Å². The molecule has 0 fully saturated rings. The predicted molar refractivity (Wildman–Crippen MR) is 131 cm³/mol. The van der Waals surface area contributed by atoms with Crippen LogP contribution in [0.2, 0.25) is 10.0 Å². The number of nitro groups is 1. The maximum atomic E-state index is 13.3. The molecule has 0 saturated heterocycles. The van der Waals surface area contributed by atoms with Crippen molar-refractivity contribution in [1.82, 2.24) is 5.43 Å².